The van der Waals surface area contributed by atoms with Crippen molar-refractivity contribution >= 4 is 37.5 Å². The Kier molecular flexibility index (Phi) is 4.49. The van der Waals surface area contributed by atoms with Crippen molar-refractivity contribution in [2.45, 2.75) is 6.54 Å². The predicted octanol–water partition coefficient (Wildman–Crippen LogP) is 2.22. The molecular formula is C13H13Br2N3O2. The summed E-state index contributed by atoms with van der Waals surface area (Å²) in [5, 5.41) is 3.19. The standard InChI is InChI=1S/C13H13Br2N3O2/c1-17-7-8(12(19)18(2)13(17)20)6-16-11-9(14)4-3-5-10(11)15/h3-5,7,16H,6H2,1-2H3. The molecule has 1 heterocycles. The van der Waals surface area contributed by atoms with E-state index in [0.717, 1.165) is 19.2 Å². The predicted molar refractivity (Wildman–Crippen MR) is 86.1 cm³/mol. The molecule has 1 aromatic heterocycles. The molecule has 0 bridgehead atoms. The lowest BCUT2D eigenvalue weighted by Crippen LogP contribution is -2.38. The van der Waals surface area contributed by atoms with E-state index >= 15 is 0 Å². The van der Waals surface area contributed by atoms with Crippen LogP contribution < -0.4 is 16.6 Å². The molecule has 0 unspecified atom stereocenters. The maximum Gasteiger partial charge on any atom is 0.330 e. The topological polar surface area (TPSA) is 56.0 Å². The Labute approximate surface area is 132 Å². The fraction of sp³-hybridized carbons (Fsp3) is 0.231. The SMILES string of the molecule is Cn1cc(CNc2c(Br)cccc2Br)c(=O)n(C)c1=O. The van der Waals surface area contributed by atoms with Crippen LogP contribution in [0.5, 0.6) is 0 Å². The third-order valence-corrected chi connectivity index (χ3v) is 4.26. The Morgan fingerprint density at radius 1 is 1.15 bits per heavy atom. The van der Waals surface area contributed by atoms with Gasteiger partial charge in [-0.15, -0.1) is 0 Å². The van der Waals surface area contributed by atoms with Crippen LogP contribution in [0.3, 0.4) is 0 Å². The quantitative estimate of drug-likeness (QED) is 0.856. The molecule has 2 rings (SSSR count). The van der Waals surface area contributed by atoms with E-state index in [9.17, 15) is 9.59 Å². The van der Waals surface area contributed by atoms with Crippen molar-refractivity contribution in [1.82, 2.24) is 9.13 Å². The molecule has 106 valence electrons. The largest absolute Gasteiger partial charge is 0.379 e. The lowest BCUT2D eigenvalue weighted by molar-refractivity contribution is 0.671. The van der Waals surface area contributed by atoms with E-state index in [4.69, 9.17) is 0 Å². The highest BCUT2D eigenvalue weighted by Crippen LogP contribution is 2.30. The van der Waals surface area contributed by atoms with Crippen molar-refractivity contribution < 1.29 is 0 Å². The lowest BCUT2D eigenvalue weighted by atomic mass is 10.3. The summed E-state index contributed by atoms with van der Waals surface area (Å²) in [5.74, 6) is 0. The van der Waals surface area contributed by atoms with E-state index in [1.54, 1.807) is 13.2 Å². The number of anilines is 1. The molecule has 0 fully saturated rings. The molecule has 0 saturated heterocycles. The van der Waals surface area contributed by atoms with Gasteiger partial charge in [-0.1, -0.05) is 6.07 Å². The fourth-order valence-corrected chi connectivity index (χ4v) is 3.13. The Bertz CT molecular complexity index is 745. The molecule has 0 atom stereocenters. The highest BCUT2D eigenvalue weighted by molar-refractivity contribution is 9.11. The molecule has 7 heteroatoms. The zero-order valence-corrected chi connectivity index (χ0v) is 14.2. The monoisotopic (exact) mass is 401 g/mol. The fourth-order valence-electron chi connectivity index (χ4n) is 1.85. The van der Waals surface area contributed by atoms with Gasteiger partial charge >= 0.3 is 5.69 Å². The summed E-state index contributed by atoms with van der Waals surface area (Å²) in [6.45, 7) is 0.335. The van der Waals surface area contributed by atoms with E-state index in [-0.39, 0.29) is 11.2 Å². The number of hydrogen-bond donors (Lipinski definition) is 1. The maximum absolute atomic E-state index is 12.0. The molecule has 0 saturated carbocycles. The molecule has 20 heavy (non-hydrogen) atoms. The number of para-hydroxylation sites is 1. The Morgan fingerprint density at radius 2 is 1.75 bits per heavy atom. The van der Waals surface area contributed by atoms with Gasteiger partial charge in [0.1, 0.15) is 0 Å². The first-order valence-corrected chi connectivity index (χ1v) is 7.44. The minimum absolute atomic E-state index is 0.288. The first-order chi connectivity index (χ1) is 9.41. The molecule has 1 aromatic carbocycles. The van der Waals surface area contributed by atoms with E-state index < -0.39 is 0 Å². The van der Waals surface area contributed by atoms with Crippen LogP contribution >= 0.6 is 31.9 Å². The highest BCUT2D eigenvalue weighted by atomic mass is 79.9. The van der Waals surface area contributed by atoms with Gasteiger partial charge in [-0.3, -0.25) is 9.36 Å². The number of aryl methyl sites for hydroxylation is 1. The molecule has 0 aliphatic carbocycles. The van der Waals surface area contributed by atoms with Crippen molar-refractivity contribution in [3.8, 4) is 0 Å². The second kappa shape index (κ2) is 5.97. The van der Waals surface area contributed by atoms with Gasteiger partial charge in [0.2, 0.25) is 0 Å². The number of nitrogens with zero attached hydrogens (tertiary/aromatic N) is 2. The molecule has 0 aliphatic rings. The second-order valence-corrected chi connectivity index (χ2v) is 6.07. The highest BCUT2D eigenvalue weighted by Gasteiger charge is 2.09. The van der Waals surface area contributed by atoms with E-state index in [1.807, 2.05) is 18.2 Å². The van der Waals surface area contributed by atoms with Crippen LogP contribution in [0.25, 0.3) is 0 Å². The van der Waals surface area contributed by atoms with Gasteiger partial charge < -0.3 is 9.88 Å². The Morgan fingerprint density at radius 3 is 2.35 bits per heavy atom. The molecular weight excluding hydrogens is 390 g/mol. The summed E-state index contributed by atoms with van der Waals surface area (Å²) in [4.78, 5) is 23.6. The van der Waals surface area contributed by atoms with Gasteiger partial charge in [0, 0.05) is 35.8 Å². The average Bonchev–Trinajstić information content (AvgIpc) is 2.41. The summed E-state index contributed by atoms with van der Waals surface area (Å²) in [6.07, 6.45) is 1.56. The number of halogens is 2. The number of hydrogen-bond acceptors (Lipinski definition) is 3. The summed E-state index contributed by atoms with van der Waals surface area (Å²) >= 11 is 6.90. The van der Waals surface area contributed by atoms with Crippen molar-refractivity contribution in [1.29, 1.82) is 0 Å². The van der Waals surface area contributed by atoms with E-state index in [0.29, 0.717) is 12.1 Å². The van der Waals surface area contributed by atoms with Crippen LogP contribution in [0.2, 0.25) is 0 Å². The van der Waals surface area contributed by atoms with Crippen LogP contribution in [-0.4, -0.2) is 9.13 Å². The van der Waals surface area contributed by atoms with Gasteiger partial charge in [-0.05, 0) is 44.0 Å². The van der Waals surface area contributed by atoms with Crippen LogP contribution in [0.15, 0.2) is 42.9 Å². The number of benzene rings is 1. The molecule has 0 aliphatic heterocycles. The smallest absolute Gasteiger partial charge is 0.330 e. The summed E-state index contributed by atoms with van der Waals surface area (Å²) in [5.41, 5.74) is 0.769. The molecule has 0 radical (unpaired) electrons. The number of nitrogens with one attached hydrogen (secondary N) is 1. The zero-order valence-electron chi connectivity index (χ0n) is 11.0. The normalized spacial score (nSPS) is 10.6. The van der Waals surface area contributed by atoms with Gasteiger partial charge in [-0.2, -0.15) is 0 Å². The third kappa shape index (κ3) is 2.88. The number of aromatic nitrogens is 2. The average molecular weight is 403 g/mol. The van der Waals surface area contributed by atoms with Gasteiger partial charge in [0.15, 0.2) is 0 Å². The molecule has 5 nitrogen and oxygen atoms in total. The Hall–Kier alpha value is -1.34. The first kappa shape index (κ1) is 15.1. The first-order valence-electron chi connectivity index (χ1n) is 5.85. The summed E-state index contributed by atoms with van der Waals surface area (Å²) in [6, 6.07) is 5.72. The minimum atomic E-state index is -0.333. The zero-order chi connectivity index (χ0) is 14.9. The van der Waals surface area contributed by atoms with Crippen LogP contribution in [0.1, 0.15) is 5.56 Å². The maximum atomic E-state index is 12.0. The van der Waals surface area contributed by atoms with Crippen LogP contribution in [0.4, 0.5) is 5.69 Å². The second-order valence-electron chi connectivity index (χ2n) is 4.36. The summed E-state index contributed by atoms with van der Waals surface area (Å²) < 4.78 is 4.29. The van der Waals surface area contributed by atoms with Crippen LogP contribution in [-0.2, 0) is 20.6 Å². The minimum Gasteiger partial charge on any atom is -0.379 e. The summed E-state index contributed by atoms with van der Waals surface area (Å²) in [7, 11) is 3.10. The van der Waals surface area contributed by atoms with E-state index in [2.05, 4.69) is 37.2 Å². The van der Waals surface area contributed by atoms with Crippen molar-refractivity contribution in [2.24, 2.45) is 14.1 Å². The van der Waals surface area contributed by atoms with Crippen molar-refractivity contribution in [3.63, 3.8) is 0 Å². The lowest BCUT2D eigenvalue weighted by Gasteiger charge is -2.11. The van der Waals surface area contributed by atoms with Crippen molar-refractivity contribution in [2.75, 3.05) is 5.32 Å². The molecule has 0 amide bonds. The third-order valence-electron chi connectivity index (χ3n) is 2.94. The molecule has 0 spiro atoms. The number of rotatable bonds is 3. The van der Waals surface area contributed by atoms with Gasteiger partial charge in [0.05, 0.1) is 11.3 Å². The Balaban J connectivity index is 2.33. The van der Waals surface area contributed by atoms with Crippen molar-refractivity contribution in [3.05, 3.63) is 59.7 Å². The molecule has 2 aromatic rings. The molecule has 1 N–H and O–H groups in total. The van der Waals surface area contributed by atoms with Crippen LogP contribution in [0, 0.1) is 0 Å². The van der Waals surface area contributed by atoms with Gasteiger partial charge in [-0.25, -0.2) is 4.79 Å². The van der Waals surface area contributed by atoms with E-state index in [1.165, 1.54) is 11.6 Å². The van der Waals surface area contributed by atoms with Gasteiger partial charge in [0.25, 0.3) is 5.56 Å².